The van der Waals surface area contributed by atoms with Gasteiger partial charge in [0.1, 0.15) is 12.5 Å². The van der Waals surface area contributed by atoms with Gasteiger partial charge >= 0.3 is 0 Å². The molecule has 15 nitrogen and oxygen atoms in total. The summed E-state index contributed by atoms with van der Waals surface area (Å²) in [5, 5.41) is 37.4. The third kappa shape index (κ3) is 15.2. The predicted molar refractivity (Wildman–Crippen MR) is 268 cm³/mol. The van der Waals surface area contributed by atoms with E-state index >= 15 is 0 Å². The number of amides is 2. The summed E-state index contributed by atoms with van der Waals surface area (Å²) in [6.07, 6.45) is 13.0. The number of β-amino-alcohol motifs (C(OH)–C–C–N with tert-alkyl or cyclic N) is 1. The molecule has 1 saturated carbocycles. The monoisotopic (exact) mass is 923 g/mol. The molecule has 0 bridgehead atoms. The molecular weight excluding hydrogens is 845 g/mol. The van der Waals surface area contributed by atoms with E-state index in [1.807, 2.05) is 63.3 Å². The molecule has 4 aliphatic heterocycles. The van der Waals surface area contributed by atoms with Gasteiger partial charge in [0.05, 0.1) is 17.5 Å². The fourth-order valence-corrected chi connectivity index (χ4v) is 10.0. The van der Waals surface area contributed by atoms with Crippen molar-refractivity contribution >= 4 is 30.1 Å². The summed E-state index contributed by atoms with van der Waals surface area (Å²) in [6.45, 7) is 20.3. The quantitative estimate of drug-likeness (QED) is 0.159. The second-order valence-electron chi connectivity index (χ2n) is 20.0. The van der Waals surface area contributed by atoms with E-state index in [0.29, 0.717) is 36.1 Å². The normalized spacial score (nSPS) is 19.8. The van der Waals surface area contributed by atoms with Gasteiger partial charge in [0, 0.05) is 109 Å². The molecule has 15 heteroatoms. The summed E-state index contributed by atoms with van der Waals surface area (Å²) in [5.41, 5.74) is 5.26. The molecule has 2 amide bonds. The van der Waals surface area contributed by atoms with Gasteiger partial charge in [-0.1, -0.05) is 51.0 Å². The van der Waals surface area contributed by atoms with Crippen molar-refractivity contribution in [2.45, 2.75) is 96.9 Å². The Kier molecular flexibility index (Phi) is 20.0. The average Bonchev–Trinajstić information content (AvgIpc) is 3.76. The Bertz CT molecular complexity index is 2040. The number of carbonyl (C=O) groups excluding carboxylic acids is 3. The number of aliphatic hydroxyl groups is 1. The Balaban J connectivity index is 0.000000263. The SMILES string of the molecule is C#Cc1ccc(CNC)cc1.C=O.CC(C)(C)CC(=O)N1CCC(O)C1.CNC(=O)CCCN1CCC(N2CC3(CC(N4CCN(c5cc(-c6ccccc6O)nnc5NC)CC4)C3)C2)CC1. The molecule has 5 N–H and O–H groups in total. The number of aromatic hydroxyl groups is 1. The molecule has 1 spiro atoms. The first-order valence-corrected chi connectivity index (χ1v) is 24.2. The molecule has 2 aromatic carbocycles. The molecule has 1 atom stereocenters. The molecule has 0 radical (unpaired) electrons. The molecule has 3 aromatic rings. The highest BCUT2D eigenvalue weighted by atomic mass is 16.3. The summed E-state index contributed by atoms with van der Waals surface area (Å²) < 4.78 is 0. The smallest absolute Gasteiger partial charge is 0.223 e. The maximum Gasteiger partial charge on any atom is 0.223 e. The van der Waals surface area contributed by atoms with Crippen molar-refractivity contribution < 1.29 is 24.6 Å². The number of piperidine rings is 1. The molecule has 5 heterocycles. The summed E-state index contributed by atoms with van der Waals surface area (Å²) in [5.74, 6) is 3.91. The first kappa shape index (κ1) is 52.9. The van der Waals surface area contributed by atoms with Crippen LogP contribution in [-0.4, -0.2) is 170 Å². The van der Waals surface area contributed by atoms with Gasteiger partial charge in [-0.25, -0.2) is 0 Å². The van der Waals surface area contributed by atoms with Gasteiger partial charge in [0.2, 0.25) is 11.8 Å². The van der Waals surface area contributed by atoms with E-state index in [2.05, 4.69) is 78.5 Å². The number of para-hydroxylation sites is 1. The minimum Gasteiger partial charge on any atom is -0.507 e. The molecule has 67 heavy (non-hydrogen) atoms. The lowest BCUT2D eigenvalue weighted by atomic mass is 9.59. The third-order valence-electron chi connectivity index (χ3n) is 13.7. The molecule has 8 rings (SSSR count). The zero-order chi connectivity index (χ0) is 48.6. The minimum absolute atomic E-state index is 0.0463. The summed E-state index contributed by atoms with van der Waals surface area (Å²) in [7, 11) is 5.53. The lowest BCUT2D eigenvalue weighted by molar-refractivity contribution is -0.132. The van der Waals surface area contributed by atoms with Crippen LogP contribution in [0.15, 0.2) is 54.6 Å². The number of hydrogen-bond acceptors (Lipinski definition) is 13. The number of phenols is 1. The van der Waals surface area contributed by atoms with E-state index < -0.39 is 0 Å². The Morgan fingerprint density at radius 1 is 0.881 bits per heavy atom. The summed E-state index contributed by atoms with van der Waals surface area (Å²) in [6, 6.07) is 18.8. The first-order valence-electron chi connectivity index (χ1n) is 24.2. The molecule has 366 valence electrons. The van der Waals surface area contributed by atoms with Gasteiger partial charge in [-0.05, 0) is 112 Å². The van der Waals surface area contributed by atoms with Crippen molar-refractivity contribution in [3.63, 3.8) is 0 Å². The molecule has 1 unspecified atom stereocenters. The number of benzene rings is 2. The van der Waals surface area contributed by atoms with E-state index in [9.17, 15) is 19.8 Å². The predicted octanol–water partition coefficient (Wildman–Crippen LogP) is 4.69. The molecule has 1 aliphatic carbocycles. The number of piperazine rings is 1. The van der Waals surface area contributed by atoms with Crippen molar-refractivity contribution in [2.75, 3.05) is 103 Å². The van der Waals surface area contributed by atoms with Crippen molar-refractivity contribution in [3.05, 3.63) is 65.7 Å². The Hall–Kier alpha value is -5.11. The van der Waals surface area contributed by atoms with Crippen LogP contribution in [0.25, 0.3) is 11.3 Å². The zero-order valence-corrected chi connectivity index (χ0v) is 41.1. The number of terminal acetylenes is 1. The fourth-order valence-electron chi connectivity index (χ4n) is 10.0. The second kappa shape index (κ2) is 25.3. The van der Waals surface area contributed by atoms with Gasteiger partial charge in [-0.15, -0.1) is 16.6 Å². The Labute approximate surface area is 400 Å². The number of nitrogens with one attached hydrogen (secondary N) is 3. The minimum atomic E-state index is -0.302. The van der Waals surface area contributed by atoms with Crippen LogP contribution in [0.2, 0.25) is 0 Å². The van der Waals surface area contributed by atoms with Crippen LogP contribution >= 0.6 is 0 Å². The molecular formula is C52H78N10O5. The van der Waals surface area contributed by atoms with E-state index in [4.69, 9.17) is 11.2 Å². The number of phenolic OH excluding ortho intramolecular Hbond substituents is 1. The number of aromatic nitrogens is 2. The summed E-state index contributed by atoms with van der Waals surface area (Å²) >= 11 is 0. The largest absolute Gasteiger partial charge is 0.507 e. The van der Waals surface area contributed by atoms with Crippen LogP contribution in [0.4, 0.5) is 11.5 Å². The van der Waals surface area contributed by atoms with Gasteiger partial charge in [-0.3, -0.25) is 19.4 Å². The molecule has 1 aromatic heterocycles. The molecule has 4 saturated heterocycles. The zero-order valence-electron chi connectivity index (χ0n) is 41.1. The average molecular weight is 923 g/mol. The van der Waals surface area contributed by atoms with E-state index in [1.165, 1.54) is 57.4 Å². The van der Waals surface area contributed by atoms with Gasteiger partial charge < -0.3 is 45.7 Å². The maximum atomic E-state index is 11.6. The topological polar surface area (TPSA) is 170 Å². The standard InChI is InChI=1S/C31H46N8O2.C10H19NO2.C10H11N.CH2O/c1-32-29(41)8-5-11-36-12-9-23(10-13-36)39-21-31(22-39)19-24(20-31)37-14-16-38(17-15-37)27-18-26(34-35-30(27)33-2)25-6-3-4-7-28(25)40;1-10(2,3)6-9(13)11-5-4-8(12)7-11;1-3-9-4-6-10(7-5-9)8-11-2;1-2/h3-4,6-7,18,23-24,40H,5,8-17,19-22H2,1-2H3,(H,32,41)(H,33,35);8,12H,4-7H2,1-3H3;1,4-7,11H,8H2,2H3;1H2. The number of nitrogens with zero attached hydrogens (tertiary/aromatic N) is 7. The van der Waals surface area contributed by atoms with Crippen molar-refractivity contribution in [1.82, 2.24) is 40.4 Å². The van der Waals surface area contributed by atoms with Gasteiger partial charge in [-0.2, -0.15) is 0 Å². The first-order chi connectivity index (χ1) is 32.2. The van der Waals surface area contributed by atoms with E-state index in [0.717, 1.165) is 87.8 Å². The van der Waals surface area contributed by atoms with E-state index in [-0.39, 0.29) is 29.1 Å². The van der Waals surface area contributed by atoms with Crippen LogP contribution in [0.3, 0.4) is 0 Å². The Morgan fingerprint density at radius 3 is 2.12 bits per heavy atom. The number of anilines is 2. The second-order valence-corrected chi connectivity index (χ2v) is 20.0. The highest BCUT2D eigenvalue weighted by Gasteiger charge is 2.55. The fraction of sp³-hybridized carbons (Fsp3) is 0.596. The van der Waals surface area contributed by atoms with Crippen LogP contribution in [0.5, 0.6) is 5.75 Å². The molecule has 5 aliphatic rings. The third-order valence-corrected chi connectivity index (χ3v) is 13.7. The summed E-state index contributed by atoms with van der Waals surface area (Å²) in [4.78, 5) is 43.3. The number of rotatable bonds is 12. The van der Waals surface area contributed by atoms with Crippen molar-refractivity contribution in [2.24, 2.45) is 10.8 Å². The Morgan fingerprint density at radius 2 is 1.55 bits per heavy atom. The van der Waals surface area contributed by atoms with E-state index in [1.54, 1.807) is 18.0 Å². The number of aliphatic hydroxyl groups excluding tert-OH is 1. The van der Waals surface area contributed by atoms with Crippen LogP contribution in [0, 0.1) is 23.2 Å². The van der Waals surface area contributed by atoms with Gasteiger partial charge in [0.15, 0.2) is 5.82 Å². The highest BCUT2D eigenvalue weighted by molar-refractivity contribution is 5.77. The van der Waals surface area contributed by atoms with Crippen LogP contribution in [-0.2, 0) is 20.9 Å². The highest BCUT2D eigenvalue weighted by Crippen LogP contribution is 2.51. The maximum absolute atomic E-state index is 11.6. The number of hydrogen-bond donors (Lipinski definition) is 5. The lowest BCUT2D eigenvalue weighted by Crippen LogP contribution is -2.69. The van der Waals surface area contributed by atoms with Crippen LogP contribution in [0.1, 0.15) is 83.3 Å². The van der Waals surface area contributed by atoms with Crippen molar-refractivity contribution in [3.8, 4) is 29.4 Å². The van der Waals surface area contributed by atoms with Crippen molar-refractivity contribution in [1.29, 1.82) is 0 Å². The number of likely N-dealkylation sites (tertiary alicyclic amines) is 3. The molecule has 5 fully saturated rings. The van der Waals surface area contributed by atoms with Crippen LogP contribution < -0.4 is 20.9 Å². The van der Waals surface area contributed by atoms with Gasteiger partial charge in [0.25, 0.3) is 0 Å². The number of carbonyl (C=O) groups is 3. The lowest BCUT2D eigenvalue weighted by Gasteiger charge is -2.63.